The van der Waals surface area contributed by atoms with Crippen molar-refractivity contribution in [2.45, 2.75) is 12.6 Å². The highest BCUT2D eigenvalue weighted by atomic mass is 19.1. The van der Waals surface area contributed by atoms with Gasteiger partial charge in [0.05, 0.1) is 26.0 Å². The molecule has 1 aromatic carbocycles. The van der Waals surface area contributed by atoms with Crippen molar-refractivity contribution in [1.82, 2.24) is 14.9 Å². The average Bonchev–Trinajstić information content (AvgIpc) is 3.09. The van der Waals surface area contributed by atoms with Crippen LogP contribution in [0.15, 0.2) is 23.0 Å². The van der Waals surface area contributed by atoms with E-state index >= 15 is 0 Å². The van der Waals surface area contributed by atoms with Crippen LogP contribution in [-0.4, -0.2) is 67.1 Å². The van der Waals surface area contributed by atoms with E-state index in [4.69, 9.17) is 9.47 Å². The van der Waals surface area contributed by atoms with Gasteiger partial charge in [-0.3, -0.25) is 19.4 Å². The monoisotopic (exact) mass is 464 g/mol. The van der Waals surface area contributed by atoms with Gasteiger partial charge in [-0.2, -0.15) is 0 Å². The summed E-state index contributed by atoms with van der Waals surface area (Å²) >= 11 is 0. The fourth-order valence-corrected chi connectivity index (χ4v) is 4.06. The zero-order valence-electron chi connectivity index (χ0n) is 17.9. The minimum absolute atomic E-state index is 0.0114. The second-order valence-corrected chi connectivity index (χ2v) is 7.61. The number of hydrogen-bond donors (Lipinski definition) is 2. The van der Waals surface area contributed by atoms with Gasteiger partial charge in [0.25, 0.3) is 11.8 Å². The molecule has 10 nitrogen and oxygen atoms in total. The lowest BCUT2D eigenvalue weighted by atomic mass is 10.1. The molecule has 0 saturated carbocycles. The number of amides is 2. The minimum atomic E-state index is -1.24. The summed E-state index contributed by atoms with van der Waals surface area (Å²) in [7, 11) is 2.70. The van der Waals surface area contributed by atoms with Crippen LogP contribution in [-0.2, 0) is 11.3 Å². The summed E-state index contributed by atoms with van der Waals surface area (Å²) in [4.78, 5) is 40.7. The molecular weight excluding hydrogens is 442 g/mol. The van der Waals surface area contributed by atoms with Gasteiger partial charge in [-0.05, 0) is 6.07 Å². The van der Waals surface area contributed by atoms with Crippen LogP contribution in [0.3, 0.4) is 0 Å². The van der Waals surface area contributed by atoms with Gasteiger partial charge in [0.2, 0.25) is 5.43 Å². The number of methoxy groups -OCH3 is 2. The first kappa shape index (κ1) is 22.7. The van der Waals surface area contributed by atoms with Crippen molar-refractivity contribution in [3.8, 4) is 5.75 Å². The van der Waals surface area contributed by atoms with Crippen LogP contribution in [0.1, 0.15) is 38.2 Å². The van der Waals surface area contributed by atoms with E-state index in [1.165, 1.54) is 29.9 Å². The smallest absolute Gasteiger partial charge is 0.277 e. The Balaban J connectivity index is 1.75. The van der Waals surface area contributed by atoms with Crippen LogP contribution in [0.25, 0.3) is 0 Å². The van der Waals surface area contributed by atoms with Crippen molar-refractivity contribution in [1.29, 1.82) is 0 Å². The molecule has 0 fully saturated rings. The molecule has 33 heavy (non-hydrogen) atoms. The summed E-state index contributed by atoms with van der Waals surface area (Å²) in [6.07, 6.45) is -1.24. The van der Waals surface area contributed by atoms with E-state index in [1.54, 1.807) is 5.01 Å². The second-order valence-electron chi connectivity index (χ2n) is 7.61. The van der Waals surface area contributed by atoms with Crippen LogP contribution in [0.4, 0.5) is 8.78 Å². The quantitative estimate of drug-likeness (QED) is 0.598. The molecule has 0 bridgehead atoms. The normalized spacial score (nSPS) is 16.8. The largest absolute Gasteiger partial charge is 0.491 e. The minimum Gasteiger partial charge on any atom is -0.491 e. The van der Waals surface area contributed by atoms with Crippen molar-refractivity contribution in [3.05, 3.63) is 62.6 Å². The topological polar surface area (TPSA) is 113 Å². The number of benzene rings is 1. The predicted octanol–water partition coefficient (Wildman–Crippen LogP) is 0.110. The molecule has 0 spiro atoms. The fraction of sp³-hybridized carbons (Fsp3) is 0.381. The van der Waals surface area contributed by atoms with Gasteiger partial charge in [0.15, 0.2) is 11.4 Å². The van der Waals surface area contributed by atoms with Gasteiger partial charge in [-0.25, -0.2) is 13.5 Å². The summed E-state index contributed by atoms with van der Waals surface area (Å²) in [5, 5.41) is 14.7. The number of hydrogen-bond acceptors (Lipinski definition) is 7. The molecule has 1 atom stereocenters. The number of rotatable bonds is 7. The molecule has 2 aliphatic rings. The first-order valence-electron chi connectivity index (χ1n) is 10.1. The van der Waals surface area contributed by atoms with Gasteiger partial charge in [-0.15, -0.1) is 0 Å². The van der Waals surface area contributed by atoms with Crippen molar-refractivity contribution >= 4 is 11.8 Å². The van der Waals surface area contributed by atoms with E-state index in [-0.39, 0.29) is 55.6 Å². The van der Waals surface area contributed by atoms with E-state index in [0.717, 1.165) is 6.07 Å². The Morgan fingerprint density at radius 2 is 2.03 bits per heavy atom. The molecular formula is C21H22F2N4O6. The third kappa shape index (κ3) is 3.80. The van der Waals surface area contributed by atoms with Gasteiger partial charge in [0.1, 0.15) is 30.0 Å². The lowest BCUT2D eigenvalue weighted by molar-refractivity contribution is 0.0626. The molecule has 0 aliphatic carbocycles. The molecule has 176 valence electrons. The molecule has 1 aromatic heterocycles. The molecule has 2 amide bonds. The highest BCUT2D eigenvalue weighted by molar-refractivity contribution is 6.00. The first-order valence-corrected chi connectivity index (χ1v) is 10.1. The van der Waals surface area contributed by atoms with E-state index in [0.29, 0.717) is 6.07 Å². The van der Waals surface area contributed by atoms with Crippen LogP contribution >= 0.6 is 0 Å². The van der Waals surface area contributed by atoms with Gasteiger partial charge in [-0.1, -0.05) is 6.07 Å². The molecule has 2 N–H and O–H groups in total. The maximum absolute atomic E-state index is 13.9. The molecule has 3 heterocycles. The molecule has 4 rings (SSSR count). The van der Waals surface area contributed by atoms with Gasteiger partial charge < -0.3 is 24.8 Å². The van der Waals surface area contributed by atoms with Crippen LogP contribution < -0.4 is 20.5 Å². The third-order valence-electron chi connectivity index (χ3n) is 5.60. The summed E-state index contributed by atoms with van der Waals surface area (Å²) < 4.78 is 38.6. The summed E-state index contributed by atoms with van der Waals surface area (Å²) in [5.41, 5.74) is -1.42. The van der Waals surface area contributed by atoms with Crippen LogP contribution in [0, 0.1) is 11.6 Å². The number of aromatic nitrogens is 1. The van der Waals surface area contributed by atoms with E-state index < -0.39 is 40.5 Å². The number of aliphatic hydroxyl groups is 1. The maximum atomic E-state index is 13.9. The number of halogens is 2. The zero-order valence-corrected chi connectivity index (χ0v) is 17.9. The number of aliphatic hydroxyl groups excluding tert-OH is 1. The Bertz CT molecular complexity index is 1180. The SMILES string of the molecule is COCCN1CN2CC(O)c3c(C(=O)NCc4ccc(F)cc4F)c(=O)c(OC)c(n32)C1=O. The van der Waals surface area contributed by atoms with Crippen LogP contribution in [0.2, 0.25) is 0 Å². The van der Waals surface area contributed by atoms with Gasteiger partial charge in [0, 0.05) is 31.8 Å². The molecule has 0 radical (unpaired) electrons. The predicted molar refractivity (Wildman–Crippen MR) is 111 cm³/mol. The van der Waals surface area contributed by atoms with E-state index in [2.05, 4.69) is 5.32 Å². The first-order chi connectivity index (χ1) is 15.8. The Morgan fingerprint density at radius 1 is 1.27 bits per heavy atom. The number of ether oxygens (including phenoxy) is 2. The summed E-state index contributed by atoms with van der Waals surface area (Å²) in [5.74, 6) is -3.35. The third-order valence-corrected chi connectivity index (χ3v) is 5.60. The van der Waals surface area contributed by atoms with E-state index in [1.807, 2.05) is 0 Å². The van der Waals surface area contributed by atoms with Gasteiger partial charge >= 0.3 is 0 Å². The Hall–Kier alpha value is -3.51. The number of nitrogens with one attached hydrogen (secondary N) is 1. The number of carbonyl (C=O) groups is 2. The van der Waals surface area contributed by atoms with Crippen LogP contribution in [0.5, 0.6) is 5.75 Å². The fourth-order valence-electron chi connectivity index (χ4n) is 4.06. The van der Waals surface area contributed by atoms with Crippen molar-refractivity contribution in [3.63, 3.8) is 0 Å². The Morgan fingerprint density at radius 3 is 2.70 bits per heavy atom. The van der Waals surface area contributed by atoms with E-state index in [9.17, 15) is 28.3 Å². The molecule has 2 aliphatic heterocycles. The lowest BCUT2D eigenvalue weighted by Gasteiger charge is -2.37. The standard InChI is InChI=1S/C21H22F2N4O6/c1-32-6-5-25-10-26-9-14(28)16-15(18(29)19(33-2)17(21(25)31)27(16)26)20(30)24-8-11-3-4-12(22)7-13(11)23/h3-4,7,14,28H,5-6,8-10H2,1-2H3,(H,24,30). The second kappa shape index (κ2) is 8.79. The van der Waals surface area contributed by atoms with Crippen molar-refractivity contribution in [2.75, 3.05) is 45.6 Å². The number of carbonyl (C=O) groups excluding carboxylic acids is 2. The summed E-state index contributed by atoms with van der Waals surface area (Å²) in [6, 6.07) is 2.90. The highest BCUT2D eigenvalue weighted by Gasteiger charge is 2.43. The number of pyridine rings is 1. The maximum Gasteiger partial charge on any atom is 0.277 e. The Kier molecular flexibility index (Phi) is 6.04. The lowest BCUT2D eigenvalue weighted by Crippen LogP contribution is -2.54. The molecule has 12 heteroatoms. The molecule has 0 saturated heterocycles. The van der Waals surface area contributed by atoms with Crippen molar-refractivity contribution in [2.24, 2.45) is 0 Å². The highest BCUT2D eigenvalue weighted by Crippen LogP contribution is 2.33. The average molecular weight is 464 g/mol. The molecule has 1 unspecified atom stereocenters. The van der Waals surface area contributed by atoms with Crippen molar-refractivity contribution < 1.29 is 33.0 Å². The Labute approximate surface area is 186 Å². The molecule has 2 aromatic rings. The zero-order chi connectivity index (χ0) is 23.9. The summed E-state index contributed by atoms with van der Waals surface area (Å²) in [6.45, 7) is 0.329. The number of nitrogens with zero attached hydrogens (tertiary/aromatic N) is 3.